The van der Waals surface area contributed by atoms with Gasteiger partial charge in [0.1, 0.15) is 18.0 Å². The Balaban J connectivity index is -0.000000257. The van der Waals surface area contributed by atoms with Gasteiger partial charge in [0, 0.05) is 135 Å². The molecule has 10 heterocycles. The predicted molar refractivity (Wildman–Crippen MR) is 461 cm³/mol. The molecule has 105 heavy (non-hydrogen) atoms. The van der Waals surface area contributed by atoms with Crippen LogP contribution in [0.15, 0.2) is 59.4 Å². The van der Waals surface area contributed by atoms with E-state index in [1.807, 2.05) is 132 Å². The molecular weight excluding hydrogens is 1320 g/mol. The molecule has 2 N–H and O–H groups in total. The SMILES string of the molecule is C.C.CC.CC.CC(C)C1=NC=NC1C.CC(C)c1cc[nH]c1.CC(C)c1ccnn1C.CC(C)c1cn(C)nn1.CC(C)c1cnc[nH]1.Cc1c(C(C)C)nn(C)c1C.Cc1nc(C(C)C)c(C)n1C.Cc1nc(C)c(C(C)C)s1.Cc1nc(C)n(C)c1C(C)C.Cc1nn(C)c(C)c1C(C)C.[B].[B]. The molecule has 9 aromatic heterocycles. The number of aliphatic imine (C=N–C) groups is 2. The summed E-state index contributed by atoms with van der Waals surface area (Å²) >= 11 is 1.81. The van der Waals surface area contributed by atoms with E-state index in [2.05, 4.69) is 296 Å². The number of rotatable bonds is 10. The molecule has 22 heteroatoms. The second kappa shape index (κ2) is 55.2. The van der Waals surface area contributed by atoms with E-state index in [4.69, 9.17) is 0 Å². The molecule has 9 aromatic rings. The average molecular weight is 1470 g/mol. The molecule has 0 aromatic carbocycles. The highest BCUT2D eigenvalue weighted by Crippen LogP contribution is 2.26. The van der Waals surface area contributed by atoms with Gasteiger partial charge in [-0.2, -0.15) is 15.3 Å². The number of H-pyrrole nitrogens is 2. The van der Waals surface area contributed by atoms with Crippen molar-refractivity contribution < 1.29 is 0 Å². The van der Waals surface area contributed by atoms with Gasteiger partial charge in [0.2, 0.25) is 0 Å². The summed E-state index contributed by atoms with van der Waals surface area (Å²) < 4.78 is 11.8. The van der Waals surface area contributed by atoms with Gasteiger partial charge in [-0.25, -0.2) is 24.9 Å². The Morgan fingerprint density at radius 3 is 1.25 bits per heavy atom. The van der Waals surface area contributed by atoms with Crippen LogP contribution in [0.2, 0.25) is 0 Å². The highest BCUT2D eigenvalue weighted by molar-refractivity contribution is 7.11. The van der Waals surface area contributed by atoms with Gasteiger partial charge in [0.15, 0.2) is 0 Å². The lowest BCUT2D eigenvalue weighted by Gasteiger charge is -2.07. The number of thiazole rings is 1. The van der Waals surface area contributed by atoms with Crippen LogP contribution in [0.1, 0.15) is 348 Å². The van der Waals surface area contributed by atoms with E-state index < -0.39 is 0 Å². The molecule has 0 aliphatic carbocycles. The van der Waals surface area contributed by atoms with Crippen LogP contribution >= 0.6 is 11.3 Å². The Morgan fingerprint density at radius 1 is 0.514 bits per heavy atom. The lowest BCUT2D eigenvalue weighted by Crippen LogP contribution is -2.17. The minimum absolute atomic E-state index is 0. The van der Waals surface area contributed by atoms with Gasteiger partial charge < -0.3 is 19.1 Å². The molecule has 0 bridgehead atoms. The number of imidazole rings is 3. The highest BCUT2D eigenvalue weighted by Gasteiger charge is 2.17. The number of aromatic amines is 2. The van der Waals surface area contributed by atoms with E-state index >= 15 is 0 Å². The van der Waals surface area contributed by atoms with Gasteiger partial charge in [-0.3, -0.25) is 23.7 Å². The van der Waals surface area contributed by atoms with Crippen molar-refractivity contribution in [1.29, 1.82) is 0 Å². The van der Waals surface area contributed by atoms with E-state index in [9.17, 15) is 0 Å². The molecule has 0 saturated carbocycles. The van der Waals surface area contributed by atoms with Crippen molar-refractivity contribution in [3.63, 3.8) is 0 Å². The summed E-state index contributed by atoms with van der Waals surface area (Å²) in [6, 6.07) is 4.47. The van der Waals surface area contributed by atoms with Crippen LogP contribution in [0.3, 0.4) is 0 Å². The number of nitrogens with one attached hydrogen (secondary N) is 2. The summed E-state index contributed by atoms with van der Waals surface area (Å²) in [5.74, 6) is 7.90. The zero-order valence-electron chi connectivity index (χ0n) is 72.7. The molecule has 0 fully saturated rings. The summed E-state index contributed by atoms with van der Waals surface area (Å²) in [6.07, 6.45) is 13.0. The van der Waals surface area contributed by atoms with E-state index in [1.54, 1.807) is 17.3 Å². The quantitative estimate of drug-likeness (QED) is 0.125. The van der Waals surface area contributed by atoms with Crippen LogP contribution in [0, 0.1) is 75.2 Å². The smallest absolute Gasteiger partial charge is 0.110 e. The van der Waals surface area contributed by atoms with Gasteiger partial charge >= 0.3 is 0 Å². The third-order valence-electron chi connectivity index (χ3n) is 16.7. The summed E-state index contributed by atoms with van der Waals surface area (Å²) in [5, 5.41) is 21.7. The molecule has 10 rings (SSSR count). The zero-order valence-corrected chi connectivity index (χ0v) is 73.5. The third kappa shape index (κ3) is 37.7. The van der Waals surface area contributed by atoms with Crippen molar-refractivity contribution in [2.75, 3.05) is 0 Å². The summed E-state index contributed by atoms with van der Waals surface area (Å²) in [5.41, 5.74) is 20.0. The molecular formula is C83H153B2N19S. The largest absolute Gasteiger partial charge is 0.367 e. The van der Waals surface area contributed by atoms with Gasteiger partial charge in [-0.05, 0) is 164 Å². The zero-order chi connectivity index (χ0) is 78.6. The monoisotopic (exact) mass is 1470 g/mol. The molecule has 1 unspecified atom stereocenters. The second-order valence-corrected chi connectivity index (χ2v) is 29.6. The Labute approximate surface area is 650 Å². The first-order valence-corrected chi connectivity index (χ1v) is 37.8. The molecule has 19 nitrogen and oxygen atoms in total. The van der Waals surface area contributed by atoms with Crippen LogP contribution in [0.25, 0.3) is 0 Å². The minimum Gasteiger partial charge on any atom is -0.367 e. The lowest BCUT2D eigenvalue weighted by atomic mass is 10.0. The second-order valence-electron chi connectivity index (χ2n) is 28.4. The number of aryl methyl sites for hydroxylation is 10. The molecule has 1 atom stereocenters. The van der Waals surface area contributed by atoms with Crippen molar-refractivity contribution in [1.82, 2.24) is 83.4 Å². The predicted octanol–water partition coefficient (Wildman–Crippen LogP) is 21.8. The Hall–Kier alpha value is -7.22. The number of nitrogens with zero attached hydrogens (tertiary/aromatic N) is 17. The Morgan fingerprint density at radius 2 is 1.06 bits per heavy atom. The lowest BCUT2D eigenvalue weighted by molar-refractivity contribution is 0.669. The van der Waals surface area contributed by atoms with Crippen molar-refractivity contribution in [3.8, 4) is 0 Å². The van der Waals surface area contributed by atoms with Crippen LogP contribution < -0.4 is 0 Å². The van der Waals surface area contributed by atoms with Crippen LogP contribution in [-0.4, -0.2) is 118 Å². The first-order valence-electron chi connectivity index (χ1n) is 37.0. The maximum Gasteiger partial charge on any atom is 0.110 e. The van der Waals surface area contributed by atoms with Crippen molar-refractivity contribution >= 4 is 40.2 Å². The van der Waals surface area contributed by atoms with Crippen LogP contribution in [-0.2, 0) is 42.3 Å². The standard InChI is InChI=1S/4C9H16N2.C8H13NS.2C7H12N2.C7H11N.C6H11N3.C6H10N2.2C2H6.2CH4.2B/c1-6(2)9-7(3)11(5)8(4)10-9;1-6(2)9-7(3)10-8(4)11(9)5;1-6(2)9-7(3)10-11(5)8(9)4;1-6(2)9-7(3)8(4)11(5)10-9;1-5(2)8-6(3)9-7(4)10-8;1-6(2)7-4-5-8-9(7)3;1-5(2)7-6(3)8-4-9-7;1-6(2)7-3-4-8-5-7;1-5(2)6-4-9(3)8-7-6;1-5(2)6-3-7-4-8-6;2*1-2;;;;/h4*6H,1-5H3;5H,1-4H3;2*4-6H,1-3H3;3-6,8H,1-2H3;4-5H,1-3H3;3-5H,1-2H3,(H,7,8);2*1-2H3;2*1H4;;. The fourth-order valence-electron chi connectivity index (χ4n) is 10.8. The molecule has 6 radical (unpaired) electrons. The van der Waals surface area contributed by atoms with Gasteiger partial charge in [0.25, 0.3) is 0 Å². The maximum atomic E-state index is 4.47. The maximum absolute atomic E-state index is 4.47. The highest BCUT2D eigenvalue weighted by atomic mass is 32.1. The Kier molecular flexibility index (Phi) is 57.2. The topological polar surface area (TPSA) is 202 Å². The first-order chi connectivity index (χ1) is 47.0. The van der Waals surface area contributed by atoms with Crippen LogP contribution in [0.5, 0.6) is 0 Å². The summed E-state index contributed by atoms with van der Waals surface area (Å²) in [7, 11) is 12.0. The normalized spacial score (nSPS) is 11.4. The number of aromatic nitrogens is 17. The van der Waals surface area contributed by atoms with Crippen molar-refractivity contribution in [2.24, 2.45) is 58.2 Å². The van der Waals surface area contributed by atoms with E-state index in [0.717, 1.165) is 17.3 Å². The molecule has 0 saturated heterocycles. The minimum atomic E-state index is 0. The van der Waals surface area contributed by atoms with E-state index in [0.29, 0.717) is 65.2 Å². The van der Waals surface area contributed by atoms with Gasteiger partial charge in [-0.15, -0.1) is 16.4 Å². The summed E-state index contributed by atoms with van der Waals surface area (Å²) in [6.45, 7) is 74.3. The number of hydrogen-bond donors (Lipinski definition) is 2. The molecule has 1 aliphatic heterocycles. The Bertz CT molecular complexity index is 3530. The fourth-order valence-corrected chi connectivity index (χ4v) is 11.7. The number of hydrogen-bond acceptors (Lipinski definition) is 12. The first kappa shape index (κ1) is 109. The summed E-state index contributed by atoms with van der Waals surface area (Å²) in [4.78, 5) is 32.8. The van der Waals surface area contributed by atoms with Crippen LogP contribution in [0.4, 0.5) is 0 Å². The molecule has 592 valence electrons. The van der Waals surface area contributed by atoms with E-state index in [1.165, 1.54) is 94.9 Å². The average Bonchev–Trinajstić information content (AvgIpc) is 1.70. The third-order valence-corrected chi connectivity index (χ3v) is 18.1. The van der Waals surface area contributed by atoms with Gasteiger partial charge in [0.05, 0.1) is 51.5 Å². The van der Waals surface area contributed by atoms with Crippen molar-refractivity contribution in [3.05, 3.63) is 156 Å². The molecule has 1 aliphatic rings. The van der Waals surface area contributed by atoms with Crippen molar-refractivity contribution in [2.45, 2.75) is 316 Å². The molecule has 0 spiro atoms. The fraction of sp³-hybridized carbons (Fsp3) is 0.651. The van der Waals surface area contributed by atoms with Gasteiger partial charge in [-0.1, -0.05) is 186 Å². The molecule has 0 amide bonds. The van der Waals surface area contributed by atoms with E-state index in [-0.39, 0.29) is 31.7 Å².